The number of benzene rings is 3. The standard InChI is InChI=1S/C28H31FN2O2S/c1-3-30-28(33)26(19-22-7-5-4-6-8-22)31(20-23-11-13-24(29)14-12-23)27(32)17-18-34-25-15-9-21(2)10-16-25/h4-16,26H,3,17-20H2,1-2H3,(H,30,33)/t26-/m0/s1. The molecule has 0 spiro atoms. The topological polar surface area (TPSA) is 49.4 Å². The first-order chi connectivity index (χ1) is 16.5. The highest BCUT2D eigenvalue weighted by molar-refractivity contribution is 7.99. The number of carbonyl (C=O) groups is 2. The maximum atomic E-state index is 13.5. The Bertz CT molecular complexity index is 1060. The van der Waals surface area contributed by atoms with E-state index in [9.17, 15) is 14.0 Å². The Hall–Kier alpha value is -3.12. The molecule has 0 fully saturated rings. The van der Waals surface area contributed by atoms with E-state index in [2.05, 4.69) is 17.4 Å². The van der Waals surface area contributed by atoms with Crippen molar-refractivity contribution in [3.05, 3.63) is 101 Å². The summed E-state index contributed by atoms with van der Waals surface area (Å²) in [4.78, 5) is 29.3. The summed E-state index contributed by atoms with van der Waals surface area (Å²) >= 11 is 1.62. The Morgan fingerprint density at radius 1 is 0.941 bits per heavy atom. The fourth-order valence-corrected chi connectivity index (χ4v) is 4.51. The zero-order valence-electron chi connectivity index (χ0n) is 19.7. The van der Waals surface area contributed by atoms with Crippen molar-refractivity contribution in [2.45, 2.75) is 44.2 Å². The quantitative estimate of drug-likeness (QED) is 0.376. The number of aryl methyl sites for hydroxylation is 1. The zero-order valence-corrected chi connectivity index (χ0v) is 20.5. The lowest BCUT2D eigenvalue weighted by Gasteiger charge is -2.31. The molecule has 0 unspecified atom stereocenters. The van der Waals surface area contributed by atoms with Gasteiger partial charge in [-0.3, -0.25) is 9.59 Å². The fourth-order valence-electron chi connectivity index (χ4n) is 3.67. The van der Waals surface area contributed by atoms with Crippen LogP contribution in [-0.2, 0) is 22.6 Å². The number of thioether (sulfide) groups is 1. The van der Waals surface area contributed by atoms with E-state index in [1.54, 1.807) is 28.8 Å². The number of amides is 2. The maximum Gasteiger partial charge on any atom is 0.243 e. The van der Waals surface area contributed by atoms with Crippen molar-refractivity contribution in [2.24, 2.45) is 0 Å². The van der Waals surface area contributed by atoms with E-state index in [0.717, 1.165) is 16.0 Å². The summed E-state index contributed by atoms with van der Waals surface area (Å²) in [6.07, 6.45) is 0.704. The van der Waals surface area contributed by atoms with Crippen LogP contribution in [0.25, 0.3) is 0 Å². The van der Waals surface area contributed by atoms with Crippen LogP contribution >= 0.6 is 11.8 Å². The normalized spacial score (nSPS) is 11.6. The molecule has 1 atom stereocenters. The number of rotatable bonds is 11. The monoisotopic (exact) mass is 478 g/mol. The highest BCUT2D eigenvalue weighted by atomic mass is 32.2. The van der Waals surface area contributed by atoms with Gasteiger partial charge in [0.25, 0.3) is 0 Å². The van der Waals surface area contributed by atoms with Gasteiger partial charge in [-0.25, -0.2) is 4.39 Å². The Morgan fingerprint density at radius 3 is 2.26 bits per heavy atom. The maximum absolute atomic E-state index is 13.5. The second-order valence-corrected chi connectivity index (χ2v) is 9.33. The summed E-state index contributed by atoms with van der Waals surface area (Å²) in [6, 6.07) is 23.3. The smallest absolute Gasteiger partial charge is 0.243 e. The zero-order chi connectivity index (χ0) is 24.3. The van der Waals surface area contributed by atoms with Gasteiger partial charge in [0, 0.05) is 36.6 Å². The minimum atomic E-state index is -0.663. The van der Waals surface area contributed by atoms with Gasteiger partial charge in [-0.15, -0.1) is 11.8 Å². The van der Waals surface area contributed by atoms with Gasteiger partial charge in [0.2, 0.25) is 11.8 Å². The second kappa shape index (κ2) is 12.9. The van der Waals surface area contributed by atoms with Crippen LogP contribution in [0.2, 0.25) is 0 Å². The minimum absolute atomic E-state index is 0.101. The first-order valence-electron chi connectivity index (χ1n) is 11.5. The van der Waals surface area contributed by atoms with Crippen LogP contribution in [0.3, 0.4) is 0 Å². The molecule has 0 aliphatic heterocycles. The van der Waals surface area contributed by atoms with Gasteiger partial charge in [0.1, 0.15) is 11.9 Å². The molecule has 0 radical (unpaired) electrons. The Morgan fingerprint density at radius 2 is 1.62 bits per heavy atom. The highest BCUT2D eigenvalue weighted by Crippen LogP contribution is 2.21. The van der Waals surface area contributed by atoms with Crippen molar-refractivity contribution >= 4 is 23.6 Å². The average molecular weight is 479 g/mol. The molecule has 34 heavy (non-hydrogen) atoms. The minimum Gasteiger partial charge on any atom is -0.355 e. The third-order valence-electron chi connectivity index (χ3n) is 5.49. The van der Waals surface area contributed by atoms with E-state index in [4.69, 9.17) is 0 Å². The van der Waals surface area contributed by atoms with Crippen LogP contribution in [0, 0.1) is 12.7 Å². The van der Waals surface area contributed by atoms with Crippen molar-refractivity contribution < 1.29 is 14.0 Å². The lowest BCUT2D eigenvalue weighted by atomic mass is 10.0. The van der Waals surface area contributed by atoms with Crippen LogP contribution < -0.4 is 5.32 Å². The van der Waals surface area contributed by atoms with Crippen LogP contribution in [-0.4, -0.2) is 35.1 Å². The molecule has 0 heterocycles. The molecular formula is C28H31FN2O2S. The third-order valence-corrected chi connectivity index (χ3v) is 6.51. The lowest BCUT2D eigenvalue weighted by Crippen LogP contribution is -2.50. The summed E-state index contributed by atoms with van der Waals surface area (Å²) in [5.74, 6) is -0.0141. The molecule has 1 N–H and O–H groups in total. The average Bonchev–Trinajstić information content (AvgIpc) is 2.84. The SMILES string of the molecule is CCNC(=O)[C@H](Cc1ccccc1)N(Cc1ccc(F)cc1)C(=O)CCSc1ccc(C)cc1. The molecule has 3 rings (SSSR count). The number of halogens is 1. The van der Waals surface area contributed by atoms with Gasteiger partial charge in [0.15, 0.2) is 0 Å². The molecule has 0 aromatic heterocycles. The van der Waals surface area contributed by atoms with E-state index >= 15 is 0 Å². The second-order valence-electron chi connectivity index (χ2n) is 8.16. The summed E-state index contributed by atoms with van der Waals surface area (Å²) in [5, 5.41) is 2.89. The summed E-state index contributed by atoms with van der Waals surface area (Å²) < 4.78 is 13.5. The molecule has 3 aromatic carbocycles. The Labute approximate surface area is 205 Å². The molecule has 0 bridgehead atoms. The molecule has 178 valence electrons. The summed E-state index contributed by atoms with van der Waals surface area (Å²) in [6.45, 7) is 4.62. The van der Waals surface area contributed by atoms with Crippen molar-refractivity contribution in [2.75, 3.05) is 12.3 Å². The van der Waals surface area contributed by atoms with Crippen LogP contribution in [0.15, 0.2) is 83.8 Å². The number of hydrogen-bond acceptors (Lipinski definition) is 3. The van der Waals surface area contributed by atoms with Crippen molar-refractivity contribution in [1.82, 2.24) is 10.2 Å². The van der Waals surface area contributed by atoms with Crippen molar-refractivity contribution in [1.29, 1.82) is 0 Å². The first kappa shape index (κ1) is 25.5. The summed E-state index contributed by atoms with van der Waals surface area (Å²) in [5.41, 5.74) is 2.95. The van der Waals surface area contributed by atoms with Crippen molar-refractivity contribution in [3.63, 3.8) is 0 Å². The lowest BCUT2D eigenvalue weighted by molar-refractivity contribution is -0.140. The number of likely N-dealkylation sites (N-methyl/N-ethyl adjacent to an activating group) is 1. The van der Waals surface area contributed by atoms with E-state index in [0.29, 0.717) is 25.1 Å². The first-order valence-corrected chi connectivity index (χ1v) is 12.5. The Kier molecular flexibility index (Phi) is 9.71. The van der Waals surface area contributed by atoms with Gasteiger partial charge in [0.05, 0.1) is 0 Å². The molecule has 0 saturated heterocycles. The highest BCUT2D eigenvalue weighted by Gasteiger charge is 2.29. The molecule has 2 amide bonds. The molecule has 4 nitrogen and oxygen atoms in total. The predicted octanol–water partition coefficient (Wildman–Crippen LogP) is 5.39. The molecule has 3 aromatic rings. The number of hydrogen-bond donors (Lipinski definition) is 1. The third kappa shape index (κ3) is 7.73. The summed E-state index contributed by atoms with van der Waals surface area (Å²) in [7, 11) is 0. The van der Waals surface area contributed by atoms with Gasteiger partial charge in [-0.2, -0.15) is 0 Å². The fraction of sp³-hybridized carbons (Fsp3) is 0.286. The molecular weight excluding hydrogens is 447 g/mol. The number of carbonyl (C=O) groups excluding carboxylic acids is 2. The van der Waals surface area contributed by atoms with Crippen LogP contribution in [0.1, 0.15) is 30.0 Å². The number of nitrogens with one attached hydrogen (secondary N) is 1. The molecule has 0 aliphatic rings. The van der Waals surface area contributed by atoms with Gasteiger partial charge < -0.3 is 10.2 Å². The Balaban J connectivity index is 1.81. The van der Waals surface area contributed by atoms with E-state index < -0.39 is 6.04 Å². The predicted molar refractivity (Wildman–Crippen MR) is 136 cm³/mol. The number of nitrogens with zero attached hydrogens (tertiary/aromatic N) is 1. The largest absolute Gasteiger partial charge is 0.355 e. The molecule has 0 saturated carbocycles. The molecule has 0 aliphatic carbocycles. The van der Waals surface area contributed by atoms with Gasteiger partial charge >= 0.3 is 0 Å². The van der Waals surface area contributed by atoms with Crippen molar-refractivity contribution in [3.8, 4) is 0 Å². The molecule has 6 heteroatoms. The van der Waals surface area contributed by atoms with Gasteiger partial charge in [-0.1, -0.05) is 60.2 Å². The van der Waals surface area contributed by atoms with E-state index in [1.807, 2.05) is 56.3 Å². The van der Waals surface area contributed by atoms with Crippen LogP contribution in [0.5, 0.6) is 0 Å². The van der Waals surface area contributed by atoms with E-state index in [1.165, 1.54) is 17.7 Å². The van der Waals surface area contributed by atoms with Crippen LogP contribution in [0.4, 0.5) is 4.39 Å². The van der Waals surface area contributed by atoms with E-state index in [-0.39, 0.29) is 24.2 Å². The van der Waals surface area contributed by atoms with Gasteiger partial charge in [-0.05, 0) is 49.2 Å².